The number of allylic oxidation sites excluding steroid dienone is 4. The second-order valence-electron chi connectivity index (χ2n) is 21.2. The first-order valence-corrected chi connectivity index (χ1v) is 25.2. The van der Waals surface area contributed by atoms with Gasteiger partial charge in [-0.1, -0.05) is 61.9 Å². The summed E-state index contributed by atoms with van der Waals surface area (Å²) in [5.41, 5.74) is -0.167. The summed E-state index contributed by atoms with van der Waals surface area (Å²) in [4.78, 5) is 113. The minimum absolute atomic E-state index is 0.0306. The van der Waals surface area contributed by atoms with Gasteiger partial charge in [-0.2, -0.15) is 0 Å². The third kappa shape index (κ3) is 10.3. The number of alkyl carbamates (subject to hydrolysis) is 1. The van der Waals surface area contributed by atoms with Crippen molar-refractivity contribution in [1.29, 1.82) is 0 Å². The molecule has 3 aliphatic heterocycles. The van der Waals surface area contributed by atoms with Crippen LogP contribution in [-0.2, 0) is 70.3 Å². The van der Waals surface area contributed by atoms with E-state index in [1.54, 1.807) is 24.3 Å². The van der Waals surface area contributed by atoms with E-state index in [1.807, 2.05) is 37.3 Å². The molecule has 21 nitrogen and oxygen atoms in total. The maximum absolute atomic E-state index is 14.0. The summed E-state index contributed by atoms with van der Waals surface area (Å²) in [5.74, 6) is -5.13. The number of nitrogens with zero attached hydrogens (tertiary/aromatic N) is 1. The highest BCUT2D eigenvalue weighted by Crippen LogP contribution is 2.70. The maximum atomic E-state index is 14.0. The number of fused-ring (bicyclic) bond motifs is 7. The summed E-state index contributed by atoms with van der Waals surface area (Å²) in [7, 11) is 0. The lowest BCUT2D eigenvalue weighted by molar-refractivity contribution is -0.201. The predicted molar refractivity (Wildman–Crippen MR) is 261 cm³/mol. The quantitative estimate of drug-likeness (QED) is 0.0993. The molecule has 398 valence electrons. The number of anilines is 1. The molecule has 7 aliphatic rings. The Morgan fingerprint density at radius 3 is 2.28 bits per heavy atom. The Kier molecular flexibility index (Phi) is 14.8. The van der Waals surface area contributed by atoms with Gasteiger partial charge in [0.15, 0.2) is 23.5 Å². The second-order valence-corrected chi connectivity index (χ2v) is 21.2. The van der Waals surface area contributed by atoms with Crippen LogP contribution < -0.4 is 21.3 Å². The molecule has 0 spiro atoms. The Morgan fingerprint density at radius 2 is 1.61 bits per heavy atom. The van der Waals surface area contributed by atoms with E-state index in [1.165, 1.54) is 12.1 Å². The van der Waals surface area contributed by atoms with Crippen molar-refractivity contribution in [2.75, 3.05) is 38.2 Å². The molecule has 0 aromatic heterocycles. The van der Waals surface area contributed by atoms with Crippen LogP contribution in [0.5, 0.6) is 0 Å². The van der Waals surface area contributed by atoms with E-state index in [0.29, 0.717) is 36.1 Å². The van der Waals surface area contributed by atoms with Gasteiger partial charge in [0, 0.05) is 66.0 Å². The normalized spacial score (nSPS) is 30.2. The van der Waals surface area contributed by atoms with E-state index in [9.17, 15) is 58.5 Å². The highest BCUT2D eigenvalue weighted by Gasteiger charge is 2.76. The molecule has 3 saturated carbocycles. The second kappa shape index (κ2) is 21.0. The Morgan fingerprint density at radius 1 is 0.907 bits per heavy atom. The number of aliphatic carboxylic acids is 1. The molecule has 75 heavy (non-hydrogen) atoms. The van der Waals surface area contributed by atoms with Crippen molar-refractivity contribution in [2.45, 2.75) is 108 Å². The SMILES string of the molecule is C[C@]12C=CC(=O)C=C1CC[C@@H]1[C@@H]2[C@@H](O)C[C@@]2(C)[C@H]1C[C@H]1O[C@@H](c3ccc(CC4(NC(=O)OCc5ccc(NC(=O)[C@H](CCC(=O)O)NC(=O)CNC(=O)CCN6C(=O)C=CC6=O)cc5)COC4)cc3)O[C@]12C(=O)CO. The van der Waals surface area contributed by atoms with Crippen LogP contribution in [0, 0.1) is 28.6 Å². The fraction of sp³-hybridized carbons (Fsp3) is 0.500. The van der Waals surface area contributed by atoms with Crippen LogP contribution in [-0.4, -0.2) is 136 Å². The van der Waals surface area contributed by atoms with Gasteiger partial charge >= 0.3 is 12.1 Å². The average molecular weight is 1040 g/mol. The molecule has 3 heterocycles. The summed E-state index contributed by atoms with van der Waals surface area (Å²) < 4.78 is 24.5. The number of hydrogen-bond donors (Lipinski definition) is 7. The molecule has 6 amide bonds. The Bertz CT molecular complexity index is 2740. The highest BCUT2D eigenvalue weighted by atomic mass is 16.7. The minimum Gasteiger partial charge on any atom is -0.481 e. The number of Topliss-reactive ketones (excluding diaryl/α,β-unsaturated/α-hetero) is 1. The van der Waals surface area contributed by atoms with Gasteiger partial charge in [-0.05, 0) is 79.4 Å². The molecule has 21 heteroatoms. The van der Waals surface area contributed by atoms with E-state index in [-0.39, 0.29) is 69.2 Å². The van der Waals surface area contributed by atoms with E-state index in [2.05, 4.69) is 28.2 Å². The number of aliphatic hydroxyl groups is 2. The summed E-state index contributed by atoms with van der Waals surface area (Å²) in [5, 5.41) is 41.9. The first-order chi connectivity index (χ1) is 35.8. The summed E-state index contributed by atoms with van der Waals surface area (Å²) in [6.45, 7) is 2.92. The number of hydrogen-bond acceptors (Lipinski definition) is 15. The standard InChI is InChI=1S/C54H61N5O16/c1-51-19-17-35(61)21-33(51)9-12-36-37-22-41-54(40(63)26-60,52(37,2)24-39(62)47(36)51)75-49(74-41)32-7-3-30(4-8-32)23-53(28-72-29-53)58-50(71)73-27-31-5-10-34(11-6-31)56-48(70)38(13-16-46(68)69)57-43(65)25-55-42(64)18-20-59-44(66)14-15-45(59)67/h3-8,10-11,14-15,17,19,21,36-39,41,47,49,60,62H,9,12-13,16,18,20,22-29H2,1-2H3,(H,55,64)(H,56,70)(H,57,65)(H,58,71)(H,68,69)/t36-,37-,38-,39-,41+,47+,49+,51-,52-,54+/m0/s1. The van der Waals surface area contributed by atoms with Gasteiger partial charge in [0.05, 0.1) is 37.5 Å². The molecule has 0 bridgehead atoms. The van der Waals surface area contributed by atoms with Gasteiger partial charge in [0.25, 0.3) is 11.8 Å². The Labute approximate surface area is 431 Å². The van der Waals surface area contributed by atoms with Crippen molar-refractivity contribution in [3.05, 3.63) is 101 Å². The number of nitrogens with one attached hydrogen (secondary N) is 4. The smallest absolute Gasteiger partial charge is 0.408 e. The van der Waals surface area contributed by atoms with E-state index >= 15 is 0 Å². The van der Waals surface area contributed by atoms with Gasteiger partial charge in [-0.3, -0.25) is 43.3 Å². The van der Waals surface area contributed by atoms with Gasteiger partial charge in [-0.15, -0.1) is 0 Å². The van der Waals surface area contributed by atoms with E-state index in [4.69, 9.17) is 18.9 Å². The third-order valence-corrected chi connectivity index (χ3v) is 16.5. The zero-order chi connectivity index (χ0) is 53.5. The number of carboxylic acids is 1. The van der Waals surface area contributed by atoms with Crippen molar-refractivity contribution in [1.82, 2.24) is 20.9 Å². The molecule has 0 radical (unpaired) electrons. The zero-order valence-corrected chi connectivity index (χ0v) is 41.5. The van der Waals surface area contributed by atoms with Crippen molar-refractivity contribution in [3.8, 4) is 0 Å². The van der Waals surface area contributed by atoms with Crippen LogP contribution in [0.4, 0.5) is 10.5 Å². The molecule has 7 N–H and O–H groups in total. The maximum Gasteiger partial charge on any atom is 0.408 e. The van der Waals surface area contributed by atoms with Crippen molar-refractivity contribution >= 4 is 58.9 Å². The number of ether oxygens (including phenoxy) is 4. The third-order valence-electron chi connectivity index (χ3n) is 16.5. The van der Waals surface area contributed by atoms with E-state index < -0.39 is 113 Å². The molecule has 2 saturated heterocycles. The number of benzene rings is 2. The number of carbonyl (C=O) groups is 9. The molecule has 9 rings (SSSR count). The lowest BCUT2D eigenvalue weighted by Gasteiger charge is -2.59. The van der Waals surface area contributed by atoms with Gasteiger partial charge in [0.1, 0.15) is 19.3 Å². The number of ketones is 2. The van der Waals surface area contributed by atoms with Crippen LogP contribution in [0.15, 0.2) is 84.5 Å². The first-order valence-electron chi connectivity index (χ1n) is 25.2. The monoisotopic (exact) mass is 1040 g/mol. The molecular weight excluding hydrogens is 975 g/mol. The van der Waals surface area contributed by atoms with Crippen LogP contribution in [0.25, 0.3) is 0 Å². The minimum atomic E-state index is -1.49. The zero-order valence-electron chi connectivity index (χ0n) is 41.5. The number of carbonyl (C=O) groups excluding carboxylic acids is 8. The molecule has 2 aromatic carbocycles. The van der Waals surface area contributed by atoms with Gasteiger partial charge < -0.3 is 55.5 Å². The van der Waals surface area contributed by atoms with Gasteiger partial charge in [-0.25, -0.2) is 4.79 Å². The lowest BCUT2D eigenvalue weighted by Crippen LogP contribution is -2.63. The summed E-state index contributed by atoms with van der Waals surface area (Å²) in [6.07, 6.45) is 6.00. The predicted octanol–water partition coefficient (Wildman–Crippen LogP) is 2.25. The molecule has 10 atom stereocenters. The topological polar surface area (TPSA) is 303 Å². The molecule has 4 aliphatic carbocycles. The molecule has 2 aromatic rings. The molecule has 0 unspecified atom stereocenters. The Balaban J connectivity index is 0.755. The fourth-order valence-electron chi connectivity index (χ4n) is 12.8. The van der Waals surface area contributed by atoms with Crippen molar-refractivity contribution < 1.29 is 77.4 Å². The molecular formula is C54H61N5O16. The van der Waals surface area contributed by atoms with Crippen LogP contribution in [0.3, 0.4) is 0 Å². The fourth-order valence-corrected chi connectivity index (χ4v) is 12.8. The highest BCUT2D eigenvalue weighted by molar-refractivity contribution is 6.13. The number of aliphatic hydroxyl groups excluding tert-OH is 2. The van der Waals surface area contributed by atoms with Crippen molar-refractivity contribution in [2.24, 2.45) is 28.6 Å². The van der Waals surface area contributed by atoms with Gasteiger partial charge in [0.2, 0.25) is 17.7 Å². The molecule has 5 fully saturated rings. The summed E-state index contributed by atoms with van der Waals surface area (Å²) in [6, 6.07) is 12.5. The number of imide groups is 1. The van der Waals surface area contributed by atoms with Crippen LogP contribution in [0.1, 0.15) is 81.8 Å². The number of rotatable bonds is 19. The number of carboxylic acid groups (broad SMARTS) is 1. The van der Waals surface area contributed by atoms with Crippen LogP contribution >= 0.6 is 0 Å². The lowest BCUT2D eigenvalue weighted by atomic mass is 9.46. The average Bonchev–Trinajstić information content (AvgIpc) is 4.11. The van der Waals surface area contributed by atoms with E-state index in [0.717, 1.165) is 34.6 Å². The first kappa shape index (κ1) is 52.9. The summed E-state index contributed by atoms with van der Waals surface area (Å²) >= 11 is 0. The van der Waals surface area contributed by atoms with Crippen molar-refractivity contribution in [3.63, 3.8) is 0 Å². The number of amides is 6. The Hall–Kier alpha value is -6.91. The van der Waals surface area contributed by atoms with Crippen LogP contribution in [0.2, 0.25) is 0 Å². The largest absolute Gasteiger partial charge is 0.481 e.